The van der Waals surface area contributed by atoms with Crippen LogP contribution in [0.4, 0.5) is 0 Å². The molecule has 0 aliphatic carbocycles. The van der Waals surface area contributed by atoms with E-state index in [4.69, 9.17) is 5.11 Å². The van der Waals surface area contributed by atoms with Crippen molar-refractivity contribution in [3.63, 3.8) is 0 Å². The van der Waals surface area contributed by atoms with Crippen LogP contribution in [0.3, 0.4) is 0 Å². The Bertz CT molecular complexity index is 697. The van der Waals surface area contributed by atoms with Crippen molar-refractivity contribution in [1.82, 2.24) is 19.9 Å². The highest BCUT2D eigenvalue weighted by atomic mass is 16.4. The molecule has 1 amide bonds. The van der Waals surface area contributed by atoms with Gasteiger partial charge in [0.05, 0.1) is 24.0 Å². The SMILES string of the molecule is CC1CN(C(=O)c2ccc(-n3ccnn3)cc2)CCC1C(=O)O. The van der Waals surface area contributed by atoms with Gasteiger partial charge >= 0.3 is 5.97 Å². The summed E-state index contributed by atoms with van der Waals surface area (Å²) < 4.78 is 1.62. The molecular weight excluding hydrogens is 296 g/mol. The molecular formula is C16H18N4O3. The number of carbonyl (C=O) groups excluding carboxylic acids is 1. The van der Waals surface area contributed by atoms with E-state index in [0.29, 0.717) is 25.1 Å². The molecule has 0 bridgehead atoms. The Labute approximate surface area is 133 Å². The zero-order valence-corrected chi connectivity index (χ0v) is 12.8. The van der Waals surface area contributed by atoms with Crippen molar-refractivity contribution < 1.29 is 14.7 Å². The van der Waals surface area contributed by atoms with E-state index < -0.39 is 5.97 Å². The molecule has 2 unspecified atom stereocenters. The Balaban J connectivity index is 1.70. The van der Waals surface area contributed by atoms with Gasteiger partial charge in [0.1, 0.15) is 0 Å². The summed E-state index contributed by atoms with van der Waals surface area (Å²) in [4.78, 5) is 25.4. The minimum absolute atomic E-state index is 0.0420. The molecule has 7 heteroatoms. The second-order valence-corrected chi connectivity index (χ2v) is 5.86. The minimum atomic E-state index is -0.776. The van der Waals surface area contributed by atoms with Crippen molar-refractivity contribution in [2.24, 2.45) is 11.8 Å². The molecule has 23 heavy (non-hydrogen) atoms. The summed E-state index contributed by atoms with van der Waals surface area (Å²) in [6.45, 7) is 2.83. The number of carboxylic acids is 1. The highest BCUT2D eigenvalue weighted by Crippen LogP contribution is 2.24. The van der Waals surface area contributed by atoms with Crippen LogP contribution in [0.15, 0.2) is 36.7 Å². The number of hydrogen-bond acceptors (Lipinski definition) is 4. The number of benzene rings is 1. The van der Waals surface area contributed by atoms with E-state index in [9.17, 15) is 9.59 Å². The van der Waals surface area contributed by atoms with Crippen LogP contribution in [0.1, 0.15) is 23.7 Å². The van der Waals surface area contributed by atoms with Crippen LogP contribution in [-0.2, 0) is 4.79 Å². The van der Waals surface area contributed by atoms with Crippen LogP contribution < -0.4 is 0 Å². The van der Waals surface area contributed by atoms with Gasteiger partial charge in [0.2, 0.25) is 0 Å². The van der Waals surface area contributed by atoms with Crippen molar-refractivity contribution >= 4 is 11.9 Å². The van der Waals surface area contributed by atoms with Crippen molar-refractivity contribution in [1.29, 1.82) is 0 Å². The fraction of sp³-hybridized carbons (Fsp3) is 0.375. The molecule has 1 N–H and O–H groups in total. The zero-order valence-electron chi connectivity index (χ0n) is 12.8. The standard InChI is InChI=1S/C16H18N4O3/c1-11-10-19(8-6-14(11)16(22)23)15(21)12-2-4-13(5-3-12)20-9-7-17-18-20/h2-5,7,9,11,14H,6,8,10H2,1H3,(H,22,23). The number of carboxylic acid groups (broad SMARTS) is 1. The molecule has 1 aromatic carbocycles. The normalized spacial score (nSPS) is 21.2. The average Bonchev–Trinajstić information content (AvgIpc) is 3.08. The largest absolute Gasteiger partial charge is 0.481 e. The van der Waals surface area contributed by atoms with Gasteiger partial charge in [0, 0.05) is 18.7 Å². The summed E-state index contributed by atoms with van der Waals surface area (Å²) in [7, 11) is 0. The van der Waals surface area contributed by atoms with Crippen LogP contribution in [0.25, 0.3) is 5.69 Å². The first-order chi connectivity index (χ1) is 11.1. The molecule has 1 fully saturated rings. The van der Waals surface area contributed by atoms with Crippen LogP contribution in [0, 0.1) is 11.8 Å². The Hall–Kier alpha value is -2.70. The van der Waals surface area contributed by atoms with E-state index in [1.54, 1.807) is 34.1 Å². The molecule has 0 saturated carbocycles. The zero-order chi connectivity index (χ0) is 16.4. The maximum absolute atomic E-state index is 12.6. The van der Waals surface area contributed by atoms with Gasteiger partial charge in [-0.3, -0.25) is 9.59 Å². The molecule has 7 nitrogen and oxygen atoms in total. The highest BCUT2D eigenvalue weighted by molar-refractivity contribution is 5.94. The van der Waals surface area contributed by atoms with Gasteiger partial charge in [0.15, 0.2) is 0 Å². The molecule has 1 aromatic heterocycles. The lowest BCUT2D eigenvalue weighted by molar-refractivity contribution is -0.145. The van der Waals surface area contributed by atoms with E-state index in [-0.39, 0.29) is 17.7 Å². The van der Waals surface area contributed by atoms with Gasteiger partial charge in [-0.2, -0.15) is 0 Å². The second kappa shape index (κ2) is 6.20. The number of aromatic nitrogens is 3. The number of hydrogen-bond donors (Lipinski definition) is 1. The molecule has 2 atom stereocenters. The predicted molar refractivity (Wildman–Crippen MR) is 82.2 cm³/mol. The van der Waals surface area contributed by atoms with Crippen LogP contribution in [-0.4, -0.2) is 50.0 Å². The smallest absolute Gasteiger partial charge is 0.306 e. The van der Waals surface area contributed by atoms with E-state index in [2.05, 4.69) is 10.3 Å². The first-order valence-electron chi connectivity index (χ1n) is 7.55. The molecule has 1 aliphatic rings. The van der Waals surface area contributed by atoms with Gasteiger partial charge in [-0.1, -0.05) is 12.1 Å². The maximum Gasteiger partial charge on any atom is 0.306 e. The molecule has 3 rings (SSSR count). The lowest BCUT2D eigenvalue weighted by atomic mass is 9.87. The molecule has 0 radical (unpaired) electrons. The summed E-state index contributed by atoms with van der Waals surface area (Å²) in [5.41, 5.74) is 1.42. The molecule has 2 heterocycles. The average molecular weight is 314 g/mol. The van der Waals surface area contributed by atoms with Gasteiger partial charge in [0.25, 0.3) is 5.91 Å². The molecule has 1 aliphatic heterocycles. The number of piperidine rings is 1. The summed E-state index contributed by atoms with van der Waals surface area (Å²) in [6, 6.07) is 7.14. The number of aliphatic carboxylic acids is 1. The molecule has 1 saturated heterocycles. The van der Waals surface area contributed by atoms with Crippen molar-refractivity contribution in [2.45, 2.75) is 13.3 Å². The van der Waals surface area contributed by atoms with E-state index in [1.807, 2.05) is 19.1 Å². The highest BCUT2D eigenvalue weighted by Gasteiger charge is 2.33. The monoisotopic (exact) mass is 314 g/mol. The summed E-state index contributed by atoms with van der Waals surface area (Å²) >= 11 is 0. The first-order valence-corrected chi connectivity index (χ1v) is 7.55. The molecule has 0 spiro atoms. The van der Waals surface area contributed by atoms with Crippen LogP contribution >= 0.6 is 0 Å². The number of likely N-dealkylation sites (tertiary alicyclic amines) is 1. The Morgan fingerprint density at radius 2 is 2.00 bits per heavy atom. The van der Waals surface area contributed by atoms with E-state index >= 15 is 0 Å². The Morgan fingerprint density at radius 3 is 2.57 bits per heavy atom. The van der Waals surface area contributed by atoms with Crippen molar-refractivity contribution in [3.05, 3.63) is 42.2 Å². The lowest BCUT2D eigenvalue weighted by Gasteiger charge is -2.35. The van der Waals surface area contributed by atoms with Crippen molar-refractivity contribution in [3.8, 4) is 5.69 Å². The topological polar surface area (TPSA) is 88.3 Å². The van der Waals surface area contributed by atoms with Crippen LogP contribution in [0.2, 0.25) is 0 Å². The first kappa shape index (κ1) is 15.2. The molecule has 120 valence electrons. The fourth-order valence-electron chi connectivity index (χ4n) is 2.98. The maximum atomic E-state index is 12.6. The quantitative estimate of drug-likeness (QED) is 0.926. The second-order valence-electron chi connectivity index (χ2n) is 5.86. The van der Waals surface area contributed by atoms with Gasteiger partial charge in [-0.05, 0) is 36.6 Å². The van der Waals surface area contributed by atoms with E-state index in [1.165, 1.54) is 0 Å². The van der Waals surface area contributed by atoms with Crippen molar-refractivity contribution in [2.75, 3.05) is 13.1 Å². The Kier molecular flexibility index (Phi) is 4.10. The predicted octanol–water partition coefficient (Wildman–Crippen LogP) is 1.45. The lowest BCUT2D eigenvalue weighted by Crippen LogP contribution is -2.45. The number of rotatable bonds is 3. The third-order valence-corrected chi connectivity index (χ3v) is 4.31. The summed E-state index contributed by atoms with van der Waals surface area (Å²) in [5.74, 6) is -1.25. The third-order valence-electron chi connectivity index (χ3n) is 4.31. The van der Waals surface area contributed by atoms with Gasteiger partial charge < -0.3 is 10.0 Å². The van der Waals surface area contributed by atoms with Gasteiger partial charge in [-0.25, -0.2) is 4.68 Å². The number of nitrogens with zero attached hydrogens (tertiary/aromatic N) is 4. The fourth-order valence-corrected chi connectivity index (χ4v) is 2.98. The van der Waals surface area contributed by atoms with Gasteiger partial charge in [-0.15, -0.1) is 5.10 Å². The molecule has 2 aromatic rings. The Morgan fingerprint density at radius 1 is 1.26 bits per heavy atom. The summed E-state index contributed by atoms with van der Waals surface area (Å²) in [5, 5.41) is 16.8. The number of carbonyl (C=O) groups is 2. The van der Waals surface area contributed by atoms with E-state index in [0.717, 1.165) is 5.69 Å². The minimum Gasteiger partial charge on any atom is -0.481 e. The van der Waals surface area contributed by atoms with Crippen LogP contribution in [0.5, 0.6) is 0 Å². The number of amides is 1. The summed E-state index contributed by atoms with van der Waals surface area (Å²) in [6.07, 6.45) is 3.82. The third kappa shape index (κ3) is 3.08.